The Morgan fingerprint density at radius 1 is 1.19 bits per heavy atom. The van der Waals surface area contributed by atoms with Gasteiger partial charge in [0.25, 0.3) is 5.91 Å². The van der Waals surface area contributed by atoms with Crippen molar-refractivity contribution in [2.24, 2.45) is 0 Å². The molecule has 2 aromatic carbocycles. The number of aromatic amines is 1. The number of nitrogens with zero attached hydrogens (tertiary/aromatic N) is 2. The number of piperidine rings is 1. The van der Waals surface area contributed by atoms with E-state index in [4.69, 9.17) is 9.47 Å². The van der Waals surface area contributed by atoms with Crippen LogP contribution >= 0.6 is 0 Å². The summed E-state index contributed by atoms with van der Waals surface area (Å²) < 4.78 is 11.8. The lowest BCUT2D eigenvalue weighted by molar-refractivity contribution is -0.0195. The highest BCUT2D eigenvalue weighted by atomic mass is 16.5. The van der Waals surface area contributed by atoms with Crippen molar-refractivity contribution in [2.75, 3.05) is 27.2 Å². The molecule has 7 nitrogen and oxygen atoms in total. The molecule has 0 radical (unpaired) electrons. The van der Waals surface area contributed by atoms with E-state index in [2.05, 4.69) is 27.5 Å². The second-order valence-corrected chi connectivity index (χ2v) is 8.74. The number of carbonyl (C=O) groups is 1. The van der Waals surface area contributed by atoms with E-state index >= 15 is 0 Å². The second kappa shape index (κ2) is 8.31. The Morgan fingerprint density at radius 3 is 2.69 bits per heavy atom. The quantitative estimate of drug-likeness (QED) is 0.656. The number of para-hydroxylation sites is 1. The van der Waals surface area contributed by atoms with Gasteiger partial charge < -0.3 is 19.7 Å². The molecule has 5 rings (SSSR count). The zero-order valence-corrected chi connectivity index (χ0v) is 18.4. The van der Waals surface area contributed by atoms with Gasteiger partial charge >= 0.3 is 0 Å². The highest BCUT2D eigenvalue weighted by molar-refractivity contribution is 6.00. The lowest BCUT2D eigenvalue weighted by Gasteiger charge is -2.46. The lowest BCUT2D eigenvalue weighted by Crippen LogP contribution is -2.51. The van der Waals surface area contributed by atoms with Gasteiger partial charge in [-0.25, -0.2) is 0 Å². The van der Waals surface area contributed by atoms with E-state index < -0.39 is 0 Å². The number of carbonyl (C=O) groups excluding carboxylic acids is 1. The lowest BCUT2D eigenvalue weighted by atomic mass is 9.80. The number of H-pyrrole nitrogens is 1. The Hall–Kier alpha value is -3.32. The SMILES string of the molecule is COc1ccc(-c2[nH]ncc2C(=O)NC2CC3(CCN(C)CC3)Oc3ccccc32)cc1. The molecule has 7 heteroatoms. The Labute approximate surface area is 187 Å². The number of fused-ring (bicyclic) bond motifs is 1. The topological polar surface area (TPSA) is 79.5 Å². The van der Waals surface area contributed by atoms with Gasteiger partial charge in [-0.1, -0.05) is 18.2 Å². The van der Waals surface area contributed by atoms with Crippen LogP contribution in [0.1, 0.15) is 41.2 Å². The third kappa shape index (κ3) is 3.84. The molecule has 0 bridgehead atoms. The van der Waals surface area contributed by atoms with Crippen LogP contribution in [0.4, 0.5) is 0 Å². The van der Waals surface area contributed by atoms with E-state index in [0.29, 0.717) is 11.3 Å². The summed E-state index contributed by atoms with van der Waals surface area (Å²) in [5, 5.41) is 10.4. The normalized spacial score (nSPS) is 19.8. The minimum absolute atomic E-state index is 0.116. The van der Waals surface area contributed by atoms with Crippen molar-refractivity contribution in [3.63, 3.8) is 0 Å². The van der Waals surface area contributed by atoms with Crippen LogP contribution < -0.4 is 14.8 Å². The number of methoxy groups -OCH3 is 1. The molecule has 1 fully saturated rings. The average molecular weight is 433 g/mol. The molecule has 2 N–H and O–H groups in total. The third-order valence-electron chi connectivity index (χ3n) is 6.66. The van der Waals surface area contributed by atoms with Crippen molar-refractivity contribution in [3.05, 3.63) is 65.9 Å². The molecule has 166 valence electrons. The first-order valence-electron chi connectivity index (χ1n) is 11.0. The summed E-state index contributed by atoms with van der Waals surface area (Å²) in [6.07, 6.45) is 4.25. The molecule has 1 atom stereocenters. The van der Waals surface area contributed by atoms with Crippen molar-refractivity contribution in [2.45, 2.75) is 30.9 Å². The van der Waals surface area contributed by atoms with Gasteiger partial charge in [-0.3, -0.25) is 9.89 Å². The van der Waals surface area contributed by atoms with E-state index in [9.17, 15) is 4.79 Å². The summed E-state index contributed by atoms with van der Waals surface area (Å²) in [7, 11) is 3.77. The predicted octanol–water partition coefficient (Wildman–Crippen LogP) is 3.80. The van der Waals surface area contributed by atoms with E-state index in [1.54, 1.807) is 13.3 Å². The summed E-state index contributed by atoms with van der Waals surface area (Å²) in [6, 6.07) is 15.5. The van der Waals surface area contributed by atoms with Gasteiger partial charge in [0, 0.05) is 30.6 Å². The number of aromatic nitrogens is 2. The number of amides is 1. The van der Waals surface area contributed by atoms with Crippen molar-refractivity contribution < 1.29 is 14.3 Å². The maximum Gasteiger partial charge on any atom is 0.255 e. The summed E-state index contributed by atoms with van der Waals surface area (Å²) in [5.41, 5.74) is 2.89. The van der Waals surface area contributed by atoms with Gasteiger partial charge in [0.1, 0.15) is 17.1 Å². The van der Waals surface area contributed by atoms with Crippen molar-refractivity contribution >= 4 is 5.91 Å². The van der Waals surface area contributed by atoms with Crippen LogP contribution in [-0.4, -0.2) is 53.9 Å². The number of hydrogen-bond donors (Lipinski definition) is 2. The van der Waals surface area contributed by atoms with Crippen LogP contribution in [0.25, 0.3) is 11.3 Å². The summed E-state index contributed by atoms with van der Waals surface area (Å²) in [4.78, 5) is 15.7. The Morgan fingerprint density at radius 2 is 1.94 bits per heavy atom. The number of benzene rings is 2. The maximum absolute atomic E-state index is 13.4. The fourth-order valence-corrected chi connectivity index (χ4v) is 4.75. The first-order chi connectivity index (χ1) is 15.6. The Bertz CT molecular complexity index is 1100. The van der Waals surface area contributed by atoms with Crippen LogP contribution in [0, 0.1) is 0 Å². The standard InChI is InChI=1S/C25H28N4O3/c1-29-13-11-25(12-14-29)15-21(19-5-3-4-6-22(19)32-25)27-24(30)20-16-26-28-23(20)17-7-9-18(31-2)10-8-17/h3-10,16,21H,11-15H2,1-2H3,(H,26,28)(H,27,30). The summed E-state index contributed by atoms with van der Waals surface area (Å²) in [5.74, 6) is 1.49. The predicted molar refractivity (Wildman–Crippen MR) is 122 cm³/mol. The molecule has 32 heavy (non-hydrogen) atoms. The molecular weight excluding hydrogens is 404 g/mol. The van der Waals surface area contributed by atoms with Gasteiger partial charge in [0.05, 0.1) is 30.6 Å². The molecule has 1 amide bonds. The van der Waals surface area contributed by atoms with Crippen LogP contribution in [-0.2, 0) is 0 Å². The average Bonchev–Trinajstić information content (AvgIpc) is 3.31. The molecule has 3 aromatic rings. The molecule has 2 aliphatic rings. The van der Waals surface area contributed by atoms with Crippen LogP contribution in [0.3, 0.4) is 0 Å². The van der Waals surface area contributed by atoms with Crippen LogP contribution in [0.2, 0.25) is 0 Å². The number of likely N-dealkylation sites (tertiary alicyclic amines) is 1. The highest BCUT2D eigenvalue weighted by Crippen LogP contribution is 2.44. The number of rotatable bonds is 4. The maximum atomic E-state index is 13.4. The van der Waals surface area contributed by atoms with Gasteiger partial charge in [-0.05, 0) is 50.2 Å². The van der Waals surface area contributed by atoms with Crippen LogP contribution in [0.5, 0.6) is 11.5 Å². The van der Waals surface area contributed by atoms with Gasteiger partial charge in [0.15, 0.2) is 0 Å². The first kappa shape index (κ1) is 20.6. The smallest absolute Gasteiger partial charge is 0.255 e. The van der Waals surface area contributed by atoms with E-state index in [-0.39, 0.29) is 17.6 Å². The largest absolute Gasteiger partial charge is 0.497 e. The molecule has 0 saturated carbocycles. The minimum Gasteiger partial charge on any atom is -0.497 e. The number of ether oxygens (including phenoxy) is 2. The molecule has 3 heterocycles. The second-order valence-electron chi connectivity index (χ2n) is 8.74. The highest BCUT2D eigenvalue weighted by Gasteiger charge is 2.43. The fraction of sp³-hybridized carbons (Fsp3) is 0.360. The summed E-state index contributed by atoms with van der Waals surface area (Å²) >= 11 is 0. The number of nitrogens with one attached hydrogen (secondary N) is 2. The van der Waals surface area contributed by atoms with E-state index in [1.807, 2.05) is 48.5 Å². The van der Waals surface area contributed by atoms with E-state index in [0.717, 1.165) is 55.0 Å². The third-order valence-corrected chi connectivity index (χ3v) is 6.66. The monoisotopic (exact) mass is 432 g/mol. The molecular formula is C25H28N4O3. The van der Waals surface area contributed by atoms with E-state index in [1.165, 1.54) is 0 Å². The molecule has 2 aliphatic heterocycles. The number of hydrogen-bond acceptors (Lipinski definition) is 5. The van der Waals surface area contributed by atoms with Gasteiger partial charge in [0.2, 0.25) is 0 Å². The molecule has 1 aromatic heterocycles. The molecule has 1 spiro atoms. The molecule has 1 unspecified atom stereocenters. The van der Waals surface area contributed by atoms with Crippen LogP contribution in [0.15, 0.2) is 54.7 Å². The van der Waals surface area contributed by atoms with Crippen molar-refractivity contribution in [1.82, 2.24) is 20.4 Å². The van der Waals surface area contributed by atoms with Gasteiger partial charge in [-0.15, -0.1) is 0 Å². The van der Waals surface area contributed by atoms with Crippen molar-refractivity contribution in [3.8, 4) is 22.8 Å². The molecule has 0 aliphatic carbocycles. The first-order valence-corrected chi connectivity index (χ1v) is 11.0. The Kier molecular flexibility index (Phi) is 5.35. The minimum atomic E-state index is -0.242. The summed E-state index contributed by atoms with van der Waals surface area (Å²) in [6.45, 7) is 1.98. The van der Waals surface area contributed by atoms with Gasteiger partial charge in [-0.2, -0.15) is 5.10 Å². The fourth-order valence-electron chi connectivity index (χ4n) is 4.75. The van der Waals surface area contributed by atoms with Crippen molar-refractivity contribution in [1.29, 1.82) is 0 Å². The Balaban J connectivity index is 1.41. The zero-order chi connectivity index (χ0) is 22.1. The zero-order valence-electron chi connectivity index (χ0n) is 18.4. The molecule has 1 saturated heterocycles.